The number of anilines is 1. The van der Waals surface area contributed by atoms with Gasteiger partial charge in [0.05, 0.1) is 24.2 Å². The van der Waals surface area contributed by atoms with Gasteiger partial charge in [0, 0.05) is 12.2 Å². The zero-order valence-electron chi connectivity index (χ0n) is 12.1. The second-order valence-electron chi connectivity index (χ2n) is 4.97. The Bertz CT molecular complexity index is 731. The lowest BCUT2D eigenvalue weighted by Gasteiger charge is -2.09. The van der Waals surface area contributed by atoms with Crippen LogP contribution in [0.2, 0.25) is 0 Å². The van der Waals surface area contributed by atoms with Crippen molar-refractivity contribution in [3.05, 3.63) is 59.9 Å². The fraction of sp³-hybridized carbons (Fsp3) is 0.235. The van der Waals surface area contributed by atoms with Crippen LogP contribution >= 0.6 is 0 Å². The number of fused-ring (bicyclic) bond motifs is 1. The summed E-state index contributed by atoms with van der Waals surface area (Å²) in [6, 6.07) is 16.0. The van der Waals surface area contributed by atoms with E-state index in [1.54, 1.807) is 0 Å². The monoisotopic (exact) mass is 281 g/mol. The number of hydrogen-bond donors (Lipinski definition) is 2. The van der Waals surface area contributed by atoms with Crippen LogP contribution < -0.4 is 5.32 Å². The summed E-state index contributed by atoms with van der Waals surface area (Å²) in [6.07, 6.45) is 0. The number of aryl methyl sites for hydroxylation is 1. The van der Waals surface area contributed by atoms with Gasteiger partial charge in [-0.2, -0.15) is 0 Å². The van der Waals surface area contributed by atoms with Gasteiger partial charge in [-0.15, -0.1) is 0 Å². The van der Waals surface area contributed by atoms with E-state index in [1.807, 2.05) is 42.5 Å². The Morgan fingerprint density at radius 1 is 1.10 bits per heavy atom. The lowest BCUT2D eigenvalue weighted by Crippen LogP contribution is -2.07. The lowest BCUT2D eigenvalue weighted by molar-refractivity contribution is 0.282. The van der Waals surface area contributed by atoms with Crippen LogP contribution in [0.15, 0.2) is 48.5 Å². The highest BCUT2D eigenvalue weighted by Crippen LogP contribution is 2.17. The van der Waals surface area contributed by atoms with Crippen molar-refractivity contribution < 1.29 is 5.11 Å². The molecule has 0 saturated carbocycles. The number of aliphatic hydroxyl groups is 1. The number of nitrogens with zero attached hydrogens (tertiary/aromatic N) is 2. The standard InChI is InChI=1S/C17H19N3O/c1-2-20-16-6-4-3-5-15(16)19-17(20)11-18-14-9-7-13(12-21)8-10-14/h3-10,18,21H,2,11-12H2,1H3. The Morgan fingerprint density at radius 3 is 2.57 bits per heavy atom. The molecule has 0 atom stereocenters. The molecule has 3 rings (SSSR count). The van der Waals surface area contributed by atoms with E-state index in [0.29, 0.717) is 6.54 Å². The molecule has 1 aromatic heterocycles. The molecule has 0 amide bonds. The van der Waals surface area contributed by atoms with E-state index in [1.165, 1.54) is 5.52 Å². The summed E-state index contributed by atoms with van der Waals surface area (Å²) in [6.45, 7) is 3.79. The van der Waals surface area contributed by atoms with Crippen LogP contribution in [0.4, 0.5) is 5.69 Å². The summed E-state index contributed by atoms with van der Waals surface area (Å²) in [5.74, 6) is 1.03. The molecule has 1 heterocycles. The fourth-order valence-corrected chi connectivity index (χ4v) is 2.52. The third-order valence-electron chi connectivity index (χ3n) is 3.64. The first-order valence-corrected chi connectivity index (χ1v) is 7.19. The normalized spacial score (nSPS) is 11.0. The lowest BCUT2D eigenvalue weighted by atomic mass is 10.2. The molecule has 0 bridgehead atoms. The van der Waals surface area contributed by atoms with Gasteiger partial charge in [0.2, 0.25) is 0 Å². The Kier molecular flexibility index (Phi) is 3.88. The molecule has 3 aromatic rings. The number of para-hydroxylation sites is 2. The molecule has 0 saturated heterocycles. The molecule has 2 aromatic carbocycles. The molecule has 4 heteroatoms. The molecular weight excluding hydrogens is 262 g/mol. The third-order valence-corrected chi connectivity index (χ3v) is 3.64. The fourth-order valence-electron chi connectivity index (χ4n) is 2.52. The highest BCUT2D eigenvalue weighted by molar-refractivity contribution is 5.75. The van der Waals surface area contributed by atoms with Crippen LogP contribution in [-0.4, -0.2) is 14.7 Å². The van der Waals surface area contributed by atoms with Crippen LogP contribution in [0.25, 0.3) is 11.0 Å². The molecule has 0 aliphatic carbocycles. The molecular formula is C17H19N3O. The summed E-state index contributed by atoms with van der Waals surface area (Å²) in [7, 11) is 0. The van der Waals surface area contributed by atoms with E-state index in [-0.39, 0.29) is 6.61 Å². The van der Waals surface area contributed by atoms with Crippen LogP contribution in [0.1, 0.15) is 18.3 Å². The first-order chi connectivity index (χ1) is 10.3. The van der Waals surface area contributed by atoms with Gasteiger partial charge in [0.25, 0.3) is 0 Å². The minimum atomic E-state index is 0.0753. The van der Waals surface area contributed by atoms with Crippen molar-refractivity contribution in [3.8, 4) is 0 Å². The summed E-state index contributed by atoms with van der Waals surface area (Å²) >= 11 is 0. The number of nitrogens with one attached hydrogen (secondary N) is 1. The molecule has 0 aliphatic rings. The van der Waals surface area contributed by atoms with Gasteiger partial charge in [-0.25, -0.2) is 4.98 Å². The van der Waals surface area contributed by atoms with Crippen LogP contribution in [0.5, 0.6) is 0 Å². The van der Waals surface area contributed by atoms with Gasteiger partial charge in [0.1, 0.15) is 5.82 Å². The third kappa shape index (κ3) is 2.76. The van der Waals surface area contributed by atoms with E-state index in [0.717, 1.165) is 29.1 Å². The summed E-state index contributed by atoms with van der Waals surface area (Å²) in [5, 5.41) is 12.4. The number of aliphatic hydroxyl groups excluding tert-OH is 1. The van der Waals surface area contributed by atoms with Gasteiger partial charge in [-0.05, 0) is 36.8 Å². The molecule has 0 fully saturated rings. The first-order valence-electron chi connectivity index (χ1n) is 7.19. The van der Waals surface area contributed by atoms with Crippen LogP contribution in [0, 0.1) is 0 Å². The summed E-state index contributed by atoms with van der Waals surface area (Å²) in [4.78, 5) is 4.69. The number of imidazole rings is 1. The van der Waals surface area contributed by atoms with E-state index in [9.17, 15) is 0 Å². The van der Waals surface area contributed by atoms with Gasteiger partial charge < -0.3 is 15.0 Å². The average Bonchev–Trinajstić information content (AvgIpc) is 2.91. The van der Waals surface area contributed by atoms with Crippen molar-refractivity contribution in [2.75, 3.05) is 5.32 Å². The Labute approximate surface area is 124 Å². The maximum Gasteiger partial charge on any atom is 0.129 e. The molecule has 2 N–H and O–H groups in total. The summed E-state index contributed by atoms with van der Waals surface area (Å²) < 4.78 is 2.23. The highest BCUT2D eigenvalue weighted by atomic mass is 16.3. The summed E-state index contributed by atoms with van der Waals surface area (Å²) in [5.41, 5.74) is 4.16. The molecule has 0 spiro atoms. The molecule has 108 valence electrons. The minimum absolute atomic E-state index is 0.0753. The molecule has 0 unspecified atom stereocenters. The van der Waals surface area contributed by atoms with Crippen LogP contribution in [-0.2, 0) is 19.7 Å². The van der Waals surface area contributed by atoms with Crippen molar-refractivity contribution in [2.24, 2.45) is 0 Å². The largest absolute Gasteiger partial charge is 0.392 e. The van der Waals surface area contributed by atoms with Crippen molar-refractivity contribution in [1.82, 2.24) is 9.55 Å². The van der Waals surface area contributed by atoms with Crippen LogP contribution in [0.3, 0.4) is 0 Å². The maximum atomic E-state index is 9.05. The van der Waals surface area contributed by atoms with Crippen molar-refractivity contribution in [3.63, 3.8) is 0 Å². The zero-order valence-corrected chi connectivity index (χ0v) is 12.1. The predicted molar refractivity (Wildman–Crippen MR) is 85.1 cm³/mol. The number of rotatable bonds is 5. The van der Waals surface area contributed by atoms with E-state index in [4.69, 9.17) is 10.1 Å². The minimum Gasteiger partial charge on any atom is -0.392 e. The Morgan fingerprint density at radius 2 is 1.86 bits per heavy atom. The van der Waals surface area contributed by atoms with E-state index >= 15 is 0 Å². The topological polar surface area (TPSA) is 50.1 Å². The number of hydrogen-bond acceptors (Lipinski definition) is 3. The molecule has 4 nitrogen and oxygen atoms in total. The first kappa shape index (κ1) is 13.6. The maximum absolute atomic E-state index is 9.05. The quantitative estimate of drug-likeness (QED) is 0.755. The SMILES string of the molecule is CCn1c(CNc2ccc(CO)cc2)nc2ccccc21. The molecule has 0 aliphatic heterocycles. The van der Waals surface area contributed by atoms with Crippen molar-refractivity contribution in [2.45, 2.75) is 26.6 Å². The highest BCUT2D eigenvalue weighted by Gasteiger charge is 2.08. The van der Waals surface area contributed by atoms with Gasteiger partial charge in [0.15, 0.2) is 0 Å². The number of aromatic nitrogens is 2. The van der Waals surface area contributed by atoms with Crippen molar-refractivity contribution in [1.29, 1.82) is 0 Å². The molecule has 21 heavy (non-hydrogen) atoms. The van der Waals surface area contributed by atoms with E-state index in [2.05, 4.69) is 22.9 Å². The average molecular weight is 281 g/mol. The Hall–Kier alpha value is -2.33. The van der Waals surface area contributed by atoms with Gasteiger partial charge in [-0.1, -0.05) is 24.3 Å². The van der Waals surface area contributed by atoms with Gasteiger partial charge in [-0.3, -0.25) is 0 Å². The van der Waals surface area contributed by atoms with Crippen molar-refractivity contribution >= 4 is 16.7 Å². The zero-order chi connectivity index (χ0) is 14.7. The second-order valence-corrected chi connectivity index (χ2v) is 4.97. The smallest absolute Gasteiger partial charge is 0.129 e. The van der Waals surface area contributed by atoms with E-state index < -0.39 is 0 Å². The van der Waals surface area contributed by atoms with Gasteiger partial charge >= 0.3 is 0 Å². The Balaban J connectivity index is 1.80. The molecule has 0 radical (unpaired) electrons. The second kappa shape index (κ2) is 5.97. The predicted octanol–water partition coefficient (Wildman–Crippen LogP) is 3.16. The number of benzene rings is 2.